The molecule has 0 saturated heterocycles. The van der Waals surface area contributed by atoms with Gasteiger partial charge in [0.05, 0.1) is 28.1 Å². The van der Waals surface area contributed by atoms with E-state index in [-0.39, 0.29) is 24.1 Å². The number of carbonyl (C=O) groups is 1. The Balaban J connectivity index is 1.58. The molecule has 3 aromatic rings. The van der Waals surface area contributed by atoms with Gasteiger partial charge >= 0.3 is 0 Å². The number of nitrogens with zero attached hydrogens (tertiary/aromatic N) is 3. The molecule has 3 atom stereocenters. The minimum Gasteiger partial charge on any atom is -0.393 e. The first-order chi connectivity index (χ1) is 13.1. The van der Waals surface area contributed by atoms with Crippen molar-refractivity contribution >= 4 is 33.4 Å². The molecule has 0 radical (unpaired) electrons. The van der Waals surface area contributed by atoms with Crippen molar-refractivity contribution in [2.24, 2.45) is 0 Å². The fraction of sp³-hybridized carbons (Fsp3) is 0.368. The first-order valence-electron chi connectivity index (χ1n) is 9.02. The van der Waals surface area contributed by atoms with Crippen molar-refractivity contribution in [2.45, 2.75) is 44.4 Å². The molecule has 0 unspecified atom stereocenters. The van der Waals surface area contributed by atoms with Crippen LogP contribution in [0.5, 0.6) is 0 Å². The molecule has 140 valence electrons. The van der Waals surface area contributed by atoms with Crippen LogP contribution in [0.2, 0.25) is 0 Å². The highest BCUT2D eigenvalue weighted by atomic mass is 32.1. The average molecular weight is 383 g/mol. The van der Waals surface area contributed by atoms with Gasteiger partial charge in [0.25, 0.3) is 5.91 Å². The minimum atomic E-state index is -0.334. The summed E-state index contributed by atoms with van der Waals surface area (Å²) in [5.41, 5.74) is 1.98. The highest BCUT2D eigenvalue weighted by Gasteiger charge is 2.26. The predicted octanol–water partition coefficient (Wildman–Crippen LogP) is 2.90. The summed E-state index contributed by atoms with van der Waals surface area (Å²) >= 11 is 1.45. The molecule has 3 N–H and O–H groups in total. The van der Waals surface area contributed by atoms with Crippen LogP contribution in [0.4, 0.5) is 5.95 Å². The molecule has 1 aliphatic carbocycles. The second kappa shape index (κ2) is 7.58. The molecule has 0 spiro atoms. The van der Waals surface area contributed by atoms with Crippen molar-refractivity contribution in [3.05, 3.63) is 47.2 Å². The molecule has 7 nitrogen and oxygen atoms in total. The van der Waals surface area contributed by atoms with Gasteiger partial charge in [-0.1, -0.05) is 6.07 Å². The van der Waals surface area contributed by atoms with Crippen LogP contribution in [0.15, 0.2) is 35.8 Å². The maximum Gasteiger partial charge on any atom is 0.271 e. The number of hydrogen-bond donors (Lipinski definition) is 3. The lowest BCUT2D eigenvalue weighted by Gasteiger charge is -2.15. The van der Waals surface area contributed by atoms with Gasteiger partial charge in [0.1, 0.15) is 0 Å². The Labute approximate surface area is 160 Å². The van der Waals surface area contributed by atoms with Crippen LogP contribution in [-0.4, -0.2) is 38.1 Å². The van der Waals surface area contributed by atoms with Gasteiger partial charge in [-0.25, -0.2) is 9.97 Å². The maximum absolute atomic E-state index is 12.8. The Kier molecular flexibility index (Phi) is 5.00. The SMILES string of the molecule is C[C@H](Nc1nc(C(=O)N[C@H]2CC[C@@H](O)C2)c2sccc2n1)c1ccccn1. The largest absolute Gasteiger partial charge is 0.393 e. The Morgan fingerprint density at radius 1 is 1.30 bits per heavy atom. The standard InChI is InChI=1S/C19H21N5O2S/c1-11(14-4-2-3-8-20-14)21-19-23-15-7-9-27-17(15)16(24-19)18(26)22-12-5-6-13(25)10-12/h2-4,7-9,11-13,25H,5-6,10H2,1H3,(H,22,26)(H,21,23,24)/t11-,12-,13+/m0/s1. The van der Waals surface area contributed by atoms with Crippen LogP contribution in [0.25, 0.3) is 10.2 Å². The van der Waals surface area contributed by atoms with Crippen molar-refractivity contribution < 1.29 is 9.90 Å². The summed E-state index contributed by atoms with van der Waals surface area (Å²) in [6.45, 7) is 1.98. The lowest BCUT2D eigenvalue weighted by Crippen LogP contribution is -2.34. The van der Waals surface area contributed by atoms with E-state index in [2.05, 4.69) is 25.6 Å². The second-order valence-electron chi connectivity index (χ2n) is 6.79. The first-order valence-corrected chi connectivity index (χ1v) is 9.90. The summed E-state index contributed by atoms with van der Waals surface area (Å²) in [6, 6.07) is 7.50. The van der Waals surface area contributed by atoms with E-state index in [1.165, 1.54) is 11.3 Å². The lowest BCUT2D eigenvalue weighted by atomic mass is 10.2. The zero-order valence-corrected chi connectivity index (χ0v) is 15.7. The number of rotatable bonds is 5. The molecule has 0 aromatic carbocycles. The lowest BCUT2D eigenvalue weighted by molar-refractivity contribution is 0.0931. The molecule has 8 heteroatoms. The van der Waals surface area contributed by atoms with E-state index >= 15 is 0 Å². The highest BCUT2D eigenvalue weighted by Crippen LogP contribution is 2.26. The molecule has 1 saturated carbocycles. The fourth-order valence-corrected chi connectivity index (χ4v) is 4.14. The van der Waals surface area contributed by atoms with Gasteiger partial charge in [0, 0.05) is 12.2 Å². The quantitative estimate of drug-likeness (QED) is 0.626. The number of aromatic nitrogens is 3. The van der Waals surface area contributed by atoms with Gasteiger partial charge in [0.15, 0.2) is 5.69 Å². The summed E-state index contributed by atoms with van der Waals surface area (Å²) in [5, 5.41) is 17.8. The highest BCUT2D eigenvalue weighted by molar-refractivity contribution is 7.17. The molecular formula is C19H21N5O2S. The zero-order valence-electron chi connectivity index (χ0n) is 14.9. The van der Waals surface area contributed by atoms with Crippen molar-refractivity contribution in [3.8, 4) is 0 Å². The number of hydrogen-bond acceptors (Lipinski definition) is 7. The van der Waals surface area contributed by atoms with Crippen LogP contribution in [0.3, 0.4) is 0 Å². The number of aliphatic hydroxyl groups is 1. The van der Waals surface area contributed by atoms with Gasteiger partial charge < -0.3 is 15.7 Å². The van der Waals surface area contributed by atoms with Crippen LogP contribution in [0, 0.1) is 0 Å². The van der Waals surface area contributed by atoms with Gasteiger partial charge in [-0.3, -0.25) is 9.78 Å². The van der Waals surface area contributed by atoms with Crippen molar-refractivity contribution in [2.75, 3.05) is 5.32 Å². The Morgan fingerprint density at radius 3 is 2.93 bits per heavy atom. The summed E-state index contributed by atoms with van der Waals surface area (Å²) in [7, 11) is 0. The maximum atomic E-state index is 12.8. The van der Waals surface area contributed by atoms with Gasteiger partial charge in [-0.2, -0.15) is 0 Å². The third-order valence-corrected chi connectivity index (χ3v) is 5.65. The van der Waals surface area contributed by atoms with E-state index in [1.54, 1.807) is 6.20 Å². The molecule has 1 aliphatic rings. The number of aliphatic hydroxyl groups excluding tert-OH is 1. The molecule has 1 amide bonds. The van der Waals surface area contributed by atoms with E-state index < -0.39 is 0 Å². The van der Waals surface area contributed by atoms with E-state index in [1.807, 2.05) is 36.6 Å². The van der Waals surface area contributed by atoms with Gasteiger partial charge in [0.2, 0.25) is 5.95 Å². The minimum absolute atomic E-state index is 0.0127. The second-order valence-corrected chi connectivity index (χ2v) is 7.70. The third-order valence-electron chi connectivity index (χ3n) is 4.74. The van der Waals surface area contributed by atoms with E-state index in [9.17, 15) is 9.90 Å². The smallest absolute Gasteiger partial charge is 0.271 e. The molecule has 3 aromatic heterocycles. The zero-order chi connectivity index (χ0) is 18.8. The Morgan fingerprint density at radius 2 is 2.19 bits per heavy atom. The van der Waals surface area contributed by atoms with E-state index in [4.69, 9.17) is 0 Å². The van der Waals surface area contributed by atoms with Crippen LogP contribution >= 0.6 is 11.3 Å². The fourth-order valence-electron chi connectivity index (χ4n) is 3.32. The number of nitrogens with one attached hydrogen (secondary N) is 2. The summed E-state index contributed by atoms with van der Waals surface area (Å²) in [4.78, 5) is 26.2. The monoisotopic (exact) mass is 383 g/mol. The first kappa shape index (κ1) is 17.8. The molecule has 0 bridgehead atoms. The van der Waals surface area contributed by atoms with Crippen LogP contribution in [0.1, 0.15) is 48.4 Å². The molecule has 0 aliphatic heterocycles. The third kappa shape index (κ3) is 3.91. The number of pyridine rings is 1. The summed E-state index contributed by atoms with van der Waals surface area (Å²) in [6.07, 6.45) is 3.50. The summed E-state index contributed by atoms with van der Waals surface area (Å²) in [5.74, 6) is 0.174. The molecule has 3 heterocycles. The Bertz CT molecular complexity index is 946. The van der Waals surface area contributed by atoms with Crippen molar-refractivity contribution in [1.29, 1.82) is 0 Å². The summed E-state index contributed by atoms with van der Waals surface area (Å²) < 4.78 is 0.766. The molecular weight excluding hydrogens is 362 g/mol. The van der Waals surface area contributed by atoms with Crippen LogP contribution < -0.4 is 10.6 Å². The van der Waals surface area contributed by atoms with Gasteiger partial charge in [-0.15, -0.1) is 11.3 Å². The number of amides is 1. The van der Waals surface area contributed by atoms with E-state index in [0.29, 0.717) is 18.1 Å². The Hall–Kier alpha value is -2.58. The molecule has 1 fully saturated rings. The molecule has 4 rings (SSSR count). The number of carbonyl (C=O) groups excluding carboxylic acids is 1. The van der Waals surface area contributed by atoms with Gasteiger partial charge in [-0.05, 0) is 49.8 Å². The average Bonchev–Trinajstić information content (AvgIpc) is 3.30. The predicted molar refractivity (Wildman–Crippen MR) is 105 cm³/mol. The molecule has 27 heavy (non-hydrogen) atoms. The van der Waals surface area contributed by atoms with Crippen molar-refractivity contribution in [3.63, 3.8) is 0 Å². The number of fused-ring (bicyclic) bond motifs is 1. The normalized spacial score (nSPS) is 20.5. The van der Waals surface area contributed by atoms with Crippen LogP contribution in [-0.2, 0) is 0 Å². The number of anilines is 1. The van der Waals surface area contributed by atoms with Crippen molar-refractivity contribution in [1.82, 2.24) is 20.3 Å². The topological polar surface area (TPSA) is 100 Å². The van der Waals surface area contributed by atoms with E-state index in [0.717, 1.165) is 28.8 Å². The number of thiophene rings is 1.